The smallest absolute Gasteiger partial charge is 0.119 e. The van der Waals surface area contributed by atoms with Crippen LogP contribution in [-0.4, -0.2) is 33.4 Å². The number of rotatable bonds is 10. The van der Waals surface area contributed by atoms with Crippen molar-refractivity contribution in [2.24, 2.45) is 0 Å². The Morgan fingerprint density at radius 2 is 1.55 bits per heavy atom. The molecule has 4 heteroatoms. The standard InChI is InChI=1S/C18H23NO3/c1-20-17-9-7-16(8-10-17)15-21-13-11-19-12-14-22-18-5-3-2-4-6-18/h2-10,19H,11-15H2,1H3. The molecule has 0 saturated heterocycles. The summed E-state index contributed by atoms with van der Waals surface area (Å²) in [6, 6.07) is 17.7. The van der Waals surface area contributed by atoms with Gasteiger partial charge in [0.25, 0.3) is 0 Å². The quantitative estimate of drug-likeness (QED) is 0.685. The van der Waals surface area contributed by atoms with Gasteiger partial charge in [-0.25, -0.2) is 0 Å². The molecule has 0 saturated carbocycles. The van der Waals surface area contributed by atoms with Crippen molar-refractivity contribution in [3.8, 4) is 11.5 Å². The second-order valence-corrected chi connectivity index (χ2v) is 4.81. The van der Waals surface area contributed by atoms with Gasteiger partial charge in [-0.3, -0.25) is 0 Å². The molecule has 0 amide bonds. The Morgan fingerprint density at radius 1 is 0.818 bits per heavy atom. The Kier molecular flexibility index (Phi) is 7.29. The molecule has 118 valence electrons. The summed E-state index contributed by atoms with van der Waals surface area (Å²) in [5, 5.41) is 3.29. The van der Waals surface area contributed by atoms with Gasteiger partial charge in [0.1, 0.15) is 18.1 Å². The van der Waals surface area contributed by atoms with E-state index >= 15 is 0 Å². The normalized spacial score (nSPS) is 10.4. The van der Waals surface area contributed by atoms with Crippen LogP contribution in [0.4, 0.5) is 0 Å². The number of nitrogens with one attached hydrogen (secondary N) is 1. The van der Waals surface area contributed by atoms with Crippen molar-refractivity contribution >= 4 is 0 Å². The predicted octanol–water partition coefficient (Wildman–Crippen LogP) is 2.88. The molecule has 0 aliphatic rings. The Bertz CT molecular complexity index is 514. The molecule has 0 aliphatic carbocycles. The van der Waals surface area contributed by atoms with Crippen molar-refractivity contribution in [3.05, 3.63) is 60.2 Å². The van der Waals surface area contributed by atoms with E-state index in [2.05, 4.69) is 5.32 Å². The van der Waals surface area contributed by atoms with Crippen molar-refractivity contribution in [1.29, 1.82) is 0 Å². The van der Waals surface area contributed by atoms with Crippen LogP contribution in [0.5, 0.6) is 11.5 Å². The summed E-state index contributed by atoms with van der Waals surface area (Å²) in [5.74, 6) is 1.77. The van der Waals surface area contributed by atoms with Crippen molar-refractivity contribution in [1.82, 2.24) is 5.32 Å². The van der Waals surface area contributed by atoms with E-state index in [0.717, 1.165) is 30.2 Å². The van der Waals surface area contributed by atoms with Gasteiger partial charge in [-0.2, -0.15) is 0 Å². The highest BCUT2D eigenvalue weighted by molar-refractivity contribution is 5.26. The van der Waals surface area contributed by atoms with Crippen molar-refractivity contribution in [3.63, 3.8) is 0 Å². The first-order valence-corrected chi connectivity index (χ1v) is 7.48. The van der Waals surface area contributed by atoms with Crippen LogP contribution in [0.25, 0.3) is 0 Å². The van der Waals surface area contributed by atoms with Gasteiger partial charge >= 0.3 is 0 Å². The van der Waals surface area contributed by atoms with E-state index in [9.17, 15) is 0 Å². The van der Waals surface area contributed by atoms with Crippen LogP contribution in [-0.2, 0) is 11.3 Å². The molecule has 0 radical (unpaired) electrons. The fourth-order valence-electron chi connectivity index (χ4n) is 1.94. The van der Waals surface area contributed by atoms with E-state index in [0.29, 0.717) is 19.8 Å². The molecule has 0 bridgehead atoms. The molecule has 0 unspecified atom stereocenters. The molecule has 0 fully saturated rings. The van der Waals surface area contributed by atoms with Crippen LogP contribution in [0.3, 0.4) is 0 Å². The number of ether oxygens (including phenoxy) is 3. The molecule has 0 heterocycles. The lowest BCUT2D eigenvalue weighted by Crippen LogP contribution is -2.24. The van der Waals surface area contributed by atoms with Crippen molar-refractivity contribution in [2.45, 2.75) is 6.61 Å². The minimum atomic E-state index is 0.617. The average molecular weight is 301 g/mol. The van der Waals surface area contributed by atoms with Gasteiger partial charge in [0.15, 0.2) is 0 Å². The highest BCUT2D eigenvalue weighted by Crippen LogP contribution is 2.11. The van der Waals surface area contributed by atoms with Gasteiger partial charge in [0, 0.05) is 13.1 Å². The van der Waals surface area contributed by atoms with Crippen LogP contribution in [0.1, 0.15) is 5.56 Å². The molecule has 0 aliphatic heterocycles. The third kappa shape index (κ3) is 6.16. The van der Waals surface area contributed by atoms with E-state index in [1.165, 1.54) is 0 Å². The first kappa shape index (κ1) is 16.3. The lowest BCUT2D eigenvalue weighted by Gasteiger charge is -2.08. The number of para-hydroxylation sites is 1. The van der Waals surface area contributed by atoms with Crippen LogP contribution in [0, 0.1) is 0 Å². The van der Waals surface area contributed by atoms with Gasteiger partial charge < -0.3 is 19.5 Å². The van der Waals surface area contributed by atoms with Gasteiger partial charge in [-0.05, 0) is 29.8 Å². The molecule has 4 nitrogen and oxygen atoms in total. The minimum Gasteiger partial charge on any atom is -0.497 e. The van der Waals surface area contributed by atoms with Gasteiger partial charge in [-0.15, -0.1) is 0 Å². The Morgan fingerprint density at radius 3 is 2.27 bits per heavy atom. The van der Waals surface area contributed by atoms with E-state index < -0.39 is 0 Å². The SMILES string of the molecule is COc1ccc(COCCNCCOc2ccccc2)cc1. The van der Waals surface area contributed by atoms with E-state index in [1.807, 2.05) is 54.6 Å². The first-order chi connectivity index (χ1) is 10.9. The maximum absolute atomic E-state index is 5.61. The van der Waals surface area contributed by atoms with Gasteiger partial charge in [-0.1, -0.05) is 30.3 Å². The summed E-state index contributed by atoms with van der Waals surface area (Å²) in [5.41, 5.74) is 1.15. The fraction of sp³-hybridized carbons (Fsp3) is 0.333. The first-order valence-electron chi connectivity index (χ1n) is 7.48. The maximum Gasteiger partial charge on any atom is 0.119 e. The van der Waals surface area contributed by atoms with Crippen LogP contribution >= 0.6 is 0 Å². The molecule has 22 heavy (non-hydrogen) atoms. The second kappa shape index (κ2) is 9.82. The zero-order valence-electron chi connectivity index (χ0n) is 13.0. The van der Waals surface area contributed by atoms with E-state index in [1.54, 1.807) is 7.11 Å². The summed E-state index contributed by atoms with van der Waals surface area (Å²) in [7, 11) is 1.67. The second-order valence-electron chi connectivity index (χ2n) is 4.81. The third-order valence-corrected chi connectivity index (χ3v) is 3.14. The molecule has 2 rings (SSSR count). The van der Waals surface area contributed by atoms with E-state index in [-0.39, 0.29) is 0 Å². The summed E-state index contributed by atoms with van der Waals surface area (Å²) in [6.45, 7) is 3.57. The summed E-state index contributed by atoms with van der Waals surface area (Å²) >= 11 is 0. The number of methoxy groups -OCH3 is 1. The van der Waals surface area contributed by atoms with Crippen LogP contribution < -0.4 is 14.8 Å². The molecule has 2 aromatic rings. The number of hydrogen-bond donors (Lipinski definition) is 1. The average Bonchev–Trinajstić information content (AvgIpc) is 2.59. The van der Waals surface area contributed by atoms with Crippen molar-refractivity contribution in [2.75, 3.05) is 33.4 Å². The van der Waals surface area contributed by atoms with E-state index in [4.69, 9.17) is 14.2 Å². The fourth-order valence-corrected chi connectivity index (χ4v) is 1.94. The lowest BCUT2D eigenvalue weighted by molar-refractivity contribution is 0.122. The molecule has 2 aromatic carbocycles. The Hall–Kier alpha value is -2.04. The van der Waals surface area contributed by atoms with Gasteiger partial charge in [0.05, 0.1) is 20.3 Å². The summed E-state index contributed by atoms with van der Waals surface area (Å²) in [6.07, 6.45) is 0. The zero-order valence-corrected chi connectivity index (χ0v) is 13.0. The Labute approximate surface area is 132 Å². The number of benzene rings is 2. The largest absolute Gasteiger partial charge is 0.497 e. The zero-order chi connectivity index (χ0) is 15.5. The van der Waals surface area contributed by atoms with Gasteiger partial charge in [0.2, 0.25) is 0 Å². The predicted molar refractivity (Wildman–Crippen MR) is 87.5 cm³/mol. The molecule has 1 N–H and O–H groups in total. The highest BCUT2D eigenvalue weighted by Gasteiger charge is 1.95. The highest BCUT2D eigenvalue weighted by atomic mass is 16.5. The maximum atomic E-state index is 5.61. The molecule has 0 atom stereocenters. The molecule has 0 aromatic heterocycles. The molecular weight excluding hydrogens is 278 g/mol. The topological polar surface area (TPSA) is 39.7 Å². The summed E-state index contributed by atoms with van der Waals surface area (Å²) in [4.78, 5) is 0. The van der Waals surface area contributed by atoms with Crippen LogP contribution in [0.15, 0.2) is 54.6 Å². The van der Waals surface area contributed by atoms with Crippen molar-refractivity contribution < 1.29 is 14.2 Å². The summed E-state index contributed by atoms with van der Waals surface area (Å²) < 4.78 is 16.3. The monoisotopic (exact) mass is 301 g/mol. The molecule has 0 spiro atoms. The third-order valence-electron chi connectivity index (χ3n) is 3.14. The Balaban J connectivity index is 1.47. The minimum absolute atomic E-state index is 0.617. The molecular formula is C18H23NO3. The lowest BCUT2D eigenvalue weighted by atomic mass is 10.2. The van der Waals surface area contributed by atoms with Crippen LogP contribution in [0.2, 0.25) is 0 Å². The number of hydrogen-bond acceptors (Lipinski definition) is 4.